The zero-order valence-corrected chi connectivity index (χ0v) is 9.61. The van der Waals surface area contributed by atoms with E-state index in [9.17, 15) is 18.0 Å². The van der Waals surface area contributed by atoms with Gasteiger partial charge in [-0.3, -0.25) is 9.78 Å². The van der Waals surface area contributed by atoms with Gasteiger partial charge in [0.25, 0.3) is 0 Å². The maximum atomic E-state index is 12.7. The van der Waals surface area contributed by atoms with Crippen molar-refractivity contribution < 1.29 is 18.0 Å². The minimum atomic E-state index is -4.59. The largest absolute Gasteiger partial charge is 0.418 e. The fourth-order valence-electron chi connectivity index (χ4n) is 1.61. The van der Waals surface area contributed by atoms with Crippen molar-refractivity contribution in [1.82, 2.24) is 4.98 Å². The molecule has 0 saturated heterocycles. The van der Waals surface area contributed by atoms with Gasteiger partial charge in [-0.15, -0.1) is 0 Å². The van der Waals surface area contributed by atoms with Crippen LogP contribution < -0.4 is 5.73 Å². The Bertz CT molecular complexity index is 609. The number of anilines is 1. The SMILES string of the molecule is Nc1ccc(C(=O)c2cccnc2)cc1C(F)(F)F. The van der Waals surface area contributed by atoms with Crippen molar-refractivity contribution in [1.29, 1.82) is 0 Å². The molecule has 6 heteroatoms. The number of rotatable bonds is 2. The van der Waals surface area contributed by atoms with Crippen LogP contribution in [0.5, 0.6) is 0 Å². The predicted octanol–water partition coefficient (Wildman–Crippen LogP) is 2.91. The van der Waals surface area contributed by atoms with E-state index < -0.39 is 23.2 Å². The third-order valence-corrected chi connectivity index (χ3v) is 2.54. The van der Waals surface area contributed by atoms with Crippen LogP contribution in [0, 0.1) is 0 Å². The zero-order chi connectivity index (χ0) is 14.0. The standard InChI is InChI=1S/C13H9F3N2O/c14-13(15,16)10-6-8(3-4-11(10)17)12(19)9-2-1-5-18-7-9/h1-7H,17H2. The maximum Gasteiger partial charge on any atom is 0.418 e. The number of nitrogen functional groups attached to an aromatic ring is 1. The van der Waals surface area contributed by atoms with Crippen LogP contribution in [0.4, 0.5) is 18.9 Å². The summed E-state index contributed by atoms with van der Waals surface area (Å²) in [6, 6.07) is 6.12. The van der Waals surface area contributed by atoms with Gasteiger partial charge in [-0.25, -0.2) is 0 Å². The maximum absolute atomic E-state index is 12.7. The van der Waals surface area contributed by atoms with Gasteiger partial charge in [-0.2, -0.15) is 13.2 Å². The molecule has 0 aliphatic heterocycles. The van der Waals surface area contributed by atoms with E-state index in [-0.39, 0.29) is 11.1 Å². The molecule has 1 aromatic carbocycles. The zero-order valence-electron chi connectivity index (χ0n) is 9.61. The molecular formula is C13H9F3N2O. The highest BCUT2D eigenvalue weighted by Gasteiger charge is 2.33. The fourth-order valence-corrected chi connectivity index (χ4v) is 1.61. The molecule has 0 amide bonds. The van der Waals surface area contributed by atoms with Crippen LogP contribution in [-0.4, -0.2) is 10.8 Å². The number of pyridine rings is 1. The number of benzene rings is 1. The highest BCUT2D eigenvalue weighted by Crippen LogP contribution is 2.34. The van der Waals surface area contributed by atoms with Gasteiger partial charge in [0, 0.05) is 29.2 Å². The van der Waals surface area contributed by atoms with Crippen molar-refractivity contribution in [2.75, 3.05) is 5.73 Å². The van der Waals surface area contributed by atoms with Gasteiger partial charge >= 0.3 is 6.18 Å². The van der Waals surface area contributed by atoms with E-state index in [4.69, 9.17) is 5.73 Å². The number of nitrogens with two attached hydrogens (primary N) is 1. The summed E-state index contributed by atoms with van der Waals surface area (Å²) in [5, 5.41) is 0. The quantitative estimate of drug-likeness (QED) is 0.671. The molecule has 3 nitrogen and oxygen atoms in total. The van der Waals surface area contributed by atoms with Crippen LogP contribution in [-0.2, 0) is 6.18 Å². The van der Waals surface area contributed by atoms with E-state index in [2.05, 4.69) is 4.98 Å². The van der Waals surface area contributed by atoms with Crippen LogP contribution >= 0.6 is 0 Å². The van der Waals surface area contributed by atoms with Crippen molar-refractivity contribution in [2.45, 2.75) is 6.18 Å². The number of nitrogens with zero attached hydrogens (tertiary/aromatic N) is 1. The third-order valence-electron chi connectivity index (χ3n) is 2.54. The minimum absolute atomic E-state index is 0.0745. The summed E-state index contributed by atoms with van der Waals surface area (Å²) >= 11 is 0. The minimum Gasteiger partial charge on any atom is -0.398 e. The first kappa shape index (κ1) is 13.1. The molecule has 0 radical (unpaired) electrons. The Morgan fingerprint density at radius 1 is 1.16 bits per heavy atom. The summed E-state index contributed by atoms with van der Waals surface area (Å²) in [4.78, 5) is 15.7. The average molecular weight is 266 g/mol. The van der Waals surface area contributed by atoms with Gasteiger partial charge in [-0.05, 0) is 30.3 Å². The Kier molecular flexibility index (Phi) is 3.25. The molecule has 2 aromatic rings. The number of ketones is 1. The molecule has 1 heterocycles. The summed E-state index contributed by atoms with van der Waals surface area (Å²) in [5.74, 6) is -0.529. The summed E-state index contributed by atoms with van der Waals surface area (Å²) < 4.78 is 38.1. The average Bonchev–Trinajstić information content (AvgIpc) is 2.38. The van der Waals surface area contributed by atoms with E-state index in [1.807, 2.05) is 0 Å². The predicted molar refractivity (Wildman–Crippen MR) is 63.5 cm³/mol. The number of hydrogen-bond acceptors (Lipinski definition) is 3. The fraction of sp³-hybridized carbons (Fsp3) is 0.0769. The molecule has 1 aromatic heterocycles. The molecule has 19 heavy (non-hydrogen) atoms. The van der Waals surface area contributed by atoms with E-state index >= 15 is 0 Å². The molecule has 0 saturated carbocycles. The van der Waals surface area contributed by atoms with Crippen LogP contribution in [0.2, 0.25) is 0 Å². The van der Waals surface area contributed by atoms with Crippen LogP contribution in [0.1, 0.15) is 21.5 Å². The first-order chi connectivity index (χ1) is 8.89. The Morgan fingerprint density at radius 3 is 2.47 bits per heavy atom. The first-order valence-corrected chi connectivity index (χ1v) is 5.31. The number of alkyl halides is 3. The molecule has 0 atom stereocenters. The lowest BCUT2D eigenvalue weighted by atomic mass is 10.0. The summed E-state index contributed by atoms with van der Waals surface area (Å²) in [6.07, 6.45) is -1.82. The van der Waals surface area contributed by atoms with Crippen LogP contribution in [0.15, 0.2) is 42.7 Å². The van der Waals surface area contributed by atoms with Gasteiger partial charge in [0.15, 0.2) is 5.78 Å². The highest BCUT2D eigenvalue weighted by molar-refractivity contribution is 6.09. The van der Waals surface area contributed by atoms with E-state index in [0.717, 1.165) is 12.1 Å². The molecule has 0 fully saturated rings. The molecule has 2 rings (SSSR count). The molecule has 0 spiro atoms. The smallest absolute Gasteiger partial charge is 0.398 e. The Morgan fingerprint density at radius 2 is 1.89 bits per heavy atom. The van der Waals surface area contributed by atoms with Gasteiger partial charge in [0.2, 0.25) is 0 Å². The Hall–Kier alpha value is -2.37. The molecule has 0 aliphatic rings. The first-order valence-electron chi connectivity index (χ1n) is 5.31. The van der Waals surface area contributed by atoms with Crippen molar-refractivity contribution in [3.8, 4) is 0 Å². The second-order valence-electron chi connectivity index (χ2n) is 3.87. The second kappa shape index (κ2) is 4.72. The lowest BCUT2D eigenvalue weighted by molar-refractivity contribution is -0.136. The molecule has 2 N–H and O–H groups in total. The molecule has 98 valence electrons. The van der Waals surface area contributed by atoms with E-state index in [1.165, 1.54) is 30.6 Å². The highest BCUT2D eigenvalue weighted by atomic mass is 19.4. The monoisotopic (exact) mass is 266 g/mol. The Labute approximate surface area is 106 Å². The number of carbonyl (C=O) groups excluding carboxylic acids is 1. The number of hydrogen-bond donors (Lipinski definition) is 1. The second-order valence-corrected chi connectivity index (χ2v) is 3.87. The molecule has 0 aliphatic carbocycles. The topological polar surface area (TPSA) is 56.0 Å². The summed E-state index contributed by atoms with van der Waals surface area (Å²) in [7, 11) is 0. The van der Waals surface area contributed by atoms with Crippen molar-refractivity contribution in [2.24, 2.45) is 0 Å². The van der Waals surface area contributed by atoms with Gasteiger partial charge in [-0.1, -0.05) is 0 Å². The van der Waals surface area contributed by atoms with Crippen molar-refractivity contribution >= 4 is 11.5 Å². The van der Waals surface area contributed by atoms with Gasteiger partial charge < -0.3 is 5.73 Å². The van der Waals surface area contributed by atoms with Gasteiger partial charge in [0.05, 0.1) is 5.56 Å². The van der Waals surface area contributed by atoms with Crippen molar-refractivity contribution in [3.63, 3.8) is 0 Å². The lowest BCUT2D eigenvalue weighted by Crippen LogP contribution is -2.11. The summed E-state index contributed by atoms with van der Waals surface area (Å²) in [6.45, 7) is 0. The number of halogens is 3. The Balaban J connectivity index is 2.45. The van der Waals surface area contributed by atoms with Crippen LogP contribution in [0.25, 0.3) is 0 Å². The van der Waals surface area contributed by atoms with Crippen molar-refractivity contribution in [3.05, 3.63) is 59.4 Å². The molecule has 0 unspecified atom stereocenters. The van der Waals surface area contributed by atoms with Crippen LogP contribution in [0.3, 0.4) is 0 Å². The third kappa shape index (κ3) is 2.73. The summed E-state index contributed by atoms with van der Waals surface area (Å²) in [5.41, 5.74) is 4.00. The number of carbonyl (C=O) groups is 1. The normalized spacial score (nSPS) is 11.3. The van der Waals surface area contributed by atoms with E-state index in [0.29, 0.717) is 0 Å². The lowest BCUT2D eigenvalue weighted by Gasteiger charge is -2.11. The van der Waals surface area contributed by atoms with Gasteiger partial charge in [0.1, 0.15) is 0 Å². The number of aromatic nitrogens is 1. The molecule has 0 bridgehead atoms. The van der Waals surface area contributed by atoms with E-state index in [1.54, 1.807) is 0 Å². The molecular weight excluding hydrogens is 257 g/mol.